The van der Waals surface area contributed by atoms with Crippen LogP contribution in [-0.4, -0.2) is 24.8 Å². The molecule has 4 unspecified atom stereocenters. The van der Waals surface area contributed by atoms with Crippen molar-refractivity contribution in [1.82, 2.24) is 5.32 Å². The third-order valence-corrected chi connectivity index (χ3v) is 5.06. The summed E-state index contributed by atoms with van der Waals surface area (Å²) in [4.78, 5) is 0. The van der Waals surface area contributed by atoms with Crippen molar-refractivity contribution in [2.75, 3.05) is 6.54 Å². The van der Waals surface area contributed by atoms with E-state index in [4.69, 9.17) is 16.3 Å². The smallest absolute Gasteiger partial charge is 0.141 e. The molecular formula is C17H23ClFNO. The second kappa shape index (κ2) is 6.64. The van der Waals surface area contributed by atoms with Gasteiger partial charge in [-0.1, -0.05) is 24.6 Å². The molecule has 0 aromatic heterocycles. The molecule has 2 fully saturated rings. The maximum Gasteiger partial charge on any atom is 0.141 e. The van der Waals surface area contributed by atoms with E-state index in [2.05, 4.69) is 12.2 Å². The molecule has 3 rings (SSSR count). The normalized spacial score (nSPS) is 29.0. The minimum atomic E-state index is -0.346. The van der Waals surface area contributed by atoms with Gasteiger partial charge in [0.05, 0.1) is 17.2 Å². The monoisotopic (exact) mass is 311 g/mol. The first-order valence-corrected chi connectivity index (χ1v) is 8.38. The average molecular weight is 312 g/mol. The predicted molar refractivity (Wildman–Crippen MR) is 83.2 cm³/mol. The lowest BCUT2D eigenvalue weighted by Crippen LogP contribution is -2.42. The molecule has 4 atom stereocenters. The number of hydrogen-bond donors (Lipinski definition) is 1. The van der Waals surface area contributed by atoms with E-state index in [9.17, 15) is 4.39 Å². The summed E-state index contributed by atoms with van der Waals surface area (Å²) in [6.07, 6.45) is 6.41. The Morgan fingerprint density at radius 1 is 1.43 bits per heavy atom. The quantitative estimate of drug-likeness (QED) is 0.858. The van der Waals surface area contributed by atoms with Gasteiger partial charge in [0.1, 0.15) is 5.82 Å². The summed E-state index contributed by atoms with van der Waals surface area (Å²) in [6, 6.07) is 5.45. The standard InChI is InChI=1S/C17H23ClFNO/c1-2-7-20-16(13-10-12-4-6-17(13)21-12)9-11-3-5-15(19)14(18)8-11/h3,5,8,12-13,16-17,20H,2,4,6-7,9-10H2,1H3. The highest BCUT2D eigenvalue weighted by molar-refractivity contribution is 6.30. The van der Waals surface area contributed by atoms with E-state index < -0.39 is 0 Å². The lowest BCUT2D eigenvalue weighted by molar-refractivity contribution is 0.0857. The summed E-state index contributed by atoms with van der Waals surface area (Å²) in [5.41, 5.74) is 1.10. The summed E-state index contributed by atoms with van der Waals surface area (Å²) in [7, 11) is 0. The van der Waals surface area contributed by atoms with Crippen LogP contribution in [0, 0.1) is 11.7 Å². The molecule has 1 aromatic carbocycles. The van der Waals surface area contributed by atoms with Gasteiger partial charge in [-0.25, -0.2) is 4.39 Å². The minimum Gasteiger partial charge on any atom is -0.375 e. The average Bonchev–Trinajstić information content (AvgIpc) is 3.10. The Morgan fingerprint density at radius 3 is 2.90 bits per heavy atom. The molecule has 0 spiro atoms. The van der Waals surface area contributed by atoms with Crippen molar-refractivity contribution in [2.24, 2.45) is 5.92 Å². The van der Waals surface area contributed by atoms with Crippen LogP contribution >= 0.6 is 11.6 Å². The number of ether oxygens (including phenoxy) is 1. The SMILES string of the molecule is CCCNC(Cc1ccc(F)c(Cl)c1)C1CC2CCC1O2. The molecule has 2 aliphatic heterocycles. The van der Waals surface area contributed by atoms with E-state index in [0.717, 1.165) is 31.4 Å². The molecule has 21 heavy (non-hydrogen) atoms. The molecule has 0 radical (unpaired) electrons. The van der Waals surface area contributed by atoms with Crippen molar-refractivity contribution >= 4 is 11.6 Å². The molecule has 2 bridgehead atoms. The number of halogens is 2. The molecule has 2 aliphatic rings. The van der Waals surface area contributed by atoms with Crippen molar-refractivity contribution in [3.05, 3.63) is 34.6 Å². The minimum absolute atomic E-state index is 0.214. The van der Waals surface area contributed by atoms with Gasteiger partial charge in [-0.3, -0.25) is 0 Å². The summed E-state index contributed by atoms with van der Waals surface area (Å²) < 4.78 is 19.3. The van der Waals surface area contributed by atoms with Crippen LogP contribution in [0.4, 0.5) is 4.39 Å². The Labute approximate surface area is 131 Å². The highest BCUT2D eigenvalue weighted by atomic mass is 35.5. The van der Waals surface area contributed by atoms with E-state index in [1.807, 2.05) is 6.07 Å². The summed E-state index contributed by atoms with van der Waals surface area (Å²) in [5.74, 6) is 0.223. The zero-order chi connectivity index (χ0) is 14.8. The summed E-state index contributed by atoms with van der Waals surface area (Å²) in [5, 5.41) is 3.88. The number of benzene rings is 1. The van der Waals surface area contributed by atoms with Crippen LogP contribution in [0.1, 0.15) is 38.2 Å². The van der Waals surface area contributed by atoms with Crippen molar-refractivity contribution in [3.8, 4) is 0 Å². The number of fused-ring (bicyclic) bond motifs is 2. The van der Waals surface area contributed by atoms with Gasteiger partial charge in [0.15, 0.2) is 0 Å². The van der Waals surface area contributed by atoms with E-state index in [-0.39, 0.29) is 10.8 Å². The highest BCUT2D eigenvalue weighted by Crippen LogP contribution is 2.41. The second-order valence-electron chi connectivity index (χ2n) is 6.29. The number of nitrogens with one attached hydrogen (secondary N) is 1. The van der Waals surface area contributed by atoms with Crippen molar-refractivity contribution in [3.63, 3.8) is 0 Å². The fraction of sp³-hybridized carbons (Fsp3) is 0.647. The zero-order valence-corrected chi connectivity index (χ0v) is 13.2. The zero-order valence-electron chi connectivity index (χ0n) is 12.4. The van der Waals surface area contributed by atoms with Gasteiger partial charge in [-0.05, 0) is 56.3 Å². The van der Waals surface area contributed by atoms with E-state index >= 15 is 0 Å². The van der Waals surface area contributed by atoms with E-state index in [1.54, 1.807) is 6.07 Å². The van der Waals surface area contributed by atoms with Crippen molar-refractivity contribution < 1.29 is 9.13 Å². The summed E-state index contributed by atoms with van der Waals surface area (Å²) in [6.45, 7) is 3.18. The third kappa shape index (κ3) is 3.41. The molecule has 0 aliphatic carbocycles. The molecule has 2 saturated heterocycles. The topological polar surface area (TPSA) is 21.3 Å². The molecule has 2 nitrogen and oxygen atoms in total. The van der Waals surface area contributed by atoms with E-state index in [0.29, 0.717) is 24.2 Å². The van der Waals surface area contributed by atoms with Crippen LogP contribution in [0.3, 0.4) is 0 Å². The maximum atomic E-state index is 13.3. The van der Waals surface area contributed by atoms with Crippen LogP contribution in [-0.2, 0) is 11.2 Å². The summed E-state index contributed by atoms with van der Waals surface area (Å²) >= 11 is 5.90. The Hall–Kier alpha value is -0.640. The van der Waals surface area contributed by atoms with Gasteiger partial charge in [0.25, 0.3) is 0 Å². The third-order valence-electron chi connectivity index (χ3n) is 4.77. The first-order chi connectivity index (χ1) is 10.2. The van der Waals surface area contributed by atoms with Gasteiger partial charge in [-0.15, -0.1) is 0 Å². The highest BCUT2D eigenvalue weighted by Gasteiger charge is 2.44. The Kier molecular flexibility index (Phi) is 4.82. The Bertz CT molecular complexity index is 496. The van der Waals surface area contributed by atoms with Crippen LogP contribution in [0.5, 0.6) is 0 Å². The van der Waals surface area contributed by atoms with Gasteiger partial charge in [-0.2, -0.15) is 0 Å². The fourth-order valence-corrected chi connectivity index (χ4v) is 3.93. The lowest BCUT2D eigenvalue weighted by Gasteiger charge is -2.29. The van der Waals surface area contributed by atoms with Crippen LogP contribution in [0.25, 0.3) is 0 Å². The van der Waals surface area contributed by atoms with Crippen LogP contribution < -0.4 is 5.32 Å². The van der Waals surface area contributed by atoms with Gasteiger partial charge < -0.3 is 10.1 Å². The van der Waals surface area contributed by atoms with Crippen LogP contribution in [0.2, 0.25) is 5.02 Å². The lowest BCUT2D eigenvalue weighted by atomic mass is 9.81. The number of rotatable bonds is 6. The van der Waals surface area contributed by atoms with Crippen molar-refractivity contribution in [1.29, 1.82) is 0 Å². The van der Waals surface area contributed by atoms with E-state index in [1.165, 1.54) is 18.9 Å². The first kappa shape index (κ1) is 15.3. The molecule has 0 saturated carbocycles. The molecule has 2 heterocycles. The Balaban J connectivity index is 1.71. The predicted octanol–water partition coefficient (Wildman–Crippen LogP) is 3.96. The number of hydrogen-bond acceptors (Lipinski definition) is 2. The second-order valence-corrected chi connectivity index (χ2v) is 6.69. The molecule has 1 aromatic rings. The first-order valence-electron chi connectivity index (χ1n) is 8.00. The van der Waals surface area contributed by atoms with Crippen LogP contribution in [0.15, 0.2) is 18.2 Å². The fourth-order valence-electron chi connectivity index (χ4n) is 3.73. The molecule has 0 amide bonds. The molecule has 1 N–H and O–H groups in total. The largest absolute Gasteiger partial charge is 0.375 e. The molecule has 116 valence electrons. The molecular weight excluding hydrogens is 289 g/mol. The van der Waals surface area contributed by atoms with Gasteiger partial charge >= 0.3 is 0 Å². The van der Waals surface area contributed by atoms with Gasteiger partial charge in [0.2, 0.25) is 0 Å². The van der Waals surface area contributed by atoms with Crippen molar-refractivity contribution in [2.45, 2.75) is 57.3 Å². The Morgan fingerprint density at radius 2 is 2.29 bits per heavy atom. The maximum absolute atomic E-state index is 13.3. The van der Waals surface area contributed by atoms with Gasteiger partial charge in [0, 0.05) is 12.0 Å². The molecule has 4 heteroatoms.